The van der Waals surface area contributed by atoms with Gasteiger partial charge in [-0.25, -0.2) is 0 Å². The SMILES string of the molecule is CC(c1cccc(Cl)c1)N(C)C(=O)c1cnn(C)c1. The average molecular weight is 278 g/mol. The summed E-state index contributed by atoms with van der Waals surface area (Å²) in [5.74, 6) is -0.0550. The number of carbonyl (C=O) groups is 1. The third-order valence-corrected chi connectivity index (χ3v) is 3.42. The number of aryl methyl sites for hydroxylation is 1. The standard InChI is InChI=1S/C14H16ClN3O/c1-10(11-5-4-6-13(15)7-11)18(3)14(19)12-8-16-17(2)9-12/h4-10H,1-3H3. The molecular weight excluding hydrogens is 262 g/mol. The fraction of sp³-hybridized carbons (Fsp3) is 0.286. The van der Waals surface area contributed by atoms with E-state index in [4.69, 9.17) is 11.6 Å². The van der Waals surface area contributed by atoms with Gasteiger partial charge in [0.15, 0.2) is 0 Å². The highest BCUT2D eigenvalue weighted by Gasteiger charge is 2.20. The van der Waals surface area contributed by atoms with Crippen molar-refractivity contribution in [1.29, 1.82) is 0 Å². The lowest BCUT2D eigenvalue weighted by Crippen LogP contribution is -2.29. The summed E-state index contributed by atoms with van der Waals surface area (Å²) in [5, 5.41) is 4.69. The lowest BCUT2D eigenvalue weighted by molar-refractivity contribution is 0.0742. The summed E-state index contributed by atoms with van der Waals surface area (Å²) >= 11 is 5.98. The van der Waals surface area contributed by atoms with E-state index in [0.29, 0.717) is 10.6 Å². The maximum absolute atomic E-state index is 12.3. The molecule has 0 fully saturated rings. The highest BCUT2D eigenvalue weighted by Crippen LogP contribution is 2.23. The van der Waals surface area contributed by atoms with Crippen molar-refractivity contribution in [1.82, 2.24) is 14.7 Å². The summed E-state index contributed by atoms with van der Waals surface area (Å²) in [5.41, 5.74) is 1.59. The van der Waals surface area contributed by atoms with E-state index in [9.17, 15) is 4.79 Å². The topological polar surface area (TPSA) is 38.1 Å². The molecule has 0 radical (unpaired) electrons. The summed E-state index contributed by atoms with van der Waals surface area (Å²) in [4.78, 5) is 14.0. The zero-order valence-corrected chi connectivity index (χ0v) is 11.9. The van der Waals surface area contributed by atoms with Crippen LogP contribution in [0.25, 0.3) is 0 Å². The molecule has 0 aliphatic carbocycles. The number of nitrogens with zero attached hydrogens (tertiary/aromatic N) is 3. The van der Waals surface area contributed by atoms with Crippen LogP contribution in [0.1, 0.15) is 28.9 Å². The van der Waals surface area contributed by atoms with E-state index in [1.807, 2.05) is 31.2 Å². The second-order valence-electron chi connectivity index (χ2n) is 4.55. The zero-order chi connectivity index (χ0) is 14.0. The van der Waals surface area contributed by atoms with Gasteiger partial charge in [0.1, 0.15) is 0 Å². The summed E-state index contributed by atoms with van der Waals surface area (Å²) in [7, 11) is 3.57. The van der Waals surface area contributed by atoms with E-state index in [2.05, 4.69) is 5.10 Å². The molecule has 1 aromatic heterocycles. The summed E-state index contributed by atoms with van der Waals surface area (Å²) < 4.78 is 1.62. The van der Waals surface area contributed by atoms with E-state index in [-0.39, 0.29) is 11.9 Å². The van der Waals surface area contributed by atoms with Gasteiger partial charge in [0.2, 0.25) is 0 Å². The molecule has 1 unspecified atom stereocenters. The first-order chi connectivity index (χ1) is 8.99. The van der Waals surface area contributed by atoms with E-state index >= 15 is 0 Å². The summed E-state index contributed by atoms with van der Waals surface area (Å²) in [6, 6.07) is 7.49. The number of hydrogen-bond donors (Lipinski definition) is 0. The number of hydrogen-bond acceptors (Lipinski definition) is 2. The van der Waals surface area contributed by atoms with Crippen molar-refractivity contribution in [2.24, 2.45) is 7.05 Å². The molecular formula is C14H16ClN3O. The minimum atomic E-state index is -0.0550. The van der Waals surface area contributed by atoms with Crippen LogP contribution in [0, 0.1) is 0 Å². The number of carbonyl (C=O) groups excluding carboxylic acids is 1. The lowest BCUT2D eigenvalue weighted by atomic mass is 10.1. The molecule has 4 nitrogen and oxygen atoms in total. The van der Waals surface area contributed by atoms with Crippen LogP contribution < -0.4 is 0 Å². The second-order valence-corrected chi connectivity index (χ2v) is 4.99. The van der Waals surface area contributed by atoms with E-state index in [1.54, 1.807) is 36.1 Å². The molecule has 0 saturated heterocycles. The minimum absolute atomic E-state index is 0.0496. The maximum Gasteiger partial charge on any atom is 0.257 e. The first kappa shape index (κ1) is 13.6. The molecule has 0 saturated carbocycles. The van der Waals surface area contributed by atoms with Gasteiger partial charge in [-0.05, 0) is 24.6 Å². The molecule has 100 valence electrons. The predicted molar refractivity (Wildman–Crippen MR) is 75.2 cm³/mol. The Morgan fingerprint density at radius 2 is 2.21 bits per heavy atom. The Balaban J connectivity index is 2.19. The largest absolute Gasteiger partial charge is 0.335 e. The molecule has 0 N–H and O–H groups in total. The molecule has 1 atom stereocenters. The Hall–Kier alpha value is -1.81. The lowest BCUT2D eigenvalue weighted by Gasteiger charge is -2.25. The highest BCUT2D eigenvalue weighted by molar-refractivity contribution is 6.30. The molecule has 2 aromatic rings. The van der Waals surface area contributed by atoms with Crippen LogP contribution in [-0.4, -0.2) is 27.6 Å². The summed E-state index contributed by atoms with van der Waals surface area (Å²) in [6.07, 6.45) is 3.28. The van der Waals surface area contributed by atoms with Crippen LogP contribution in [0.3, 0.4) is 0 Å². The zero-order valence-electron chi connectivity index (χ0n) is 11.2. The van der Waals surface area contributed by atoms with E-state index < -0.39 is 0 Å². The van der Waals surface area contributed by atoms with Crippen LogP contribution in [0.15, 0.2) is 36.7 Å². The number of aromatic nitrogens is 2. The van der Waals surface area contributed by atoms with Crippen molar-refractivity contribution in [3.8, 4) is 0 Å². The molecule has 19 heavy (non-hydrogen) atoms. The van der Waals surface area contributed by atoms with Gasteiger partial charge in [-0.2, -0.15) is 5.10 Å². The fourth-order valence-electron chi connectivity index (χ4n) is 1.90. The van der Waals surface area contributed by atoms with Crippen LogP contribution in [0.5, 0.6) is 0 Å². The van der Waals surface area contributed by atoms with Gasteiger partial charge >= 0.3 is 0 Å². The van der Waals surface area contributed by atoms with Crippen molar-refractivity contribution in [3.63, 3.8) is 0 Å². The molecule has 1 heterocycles. The van der Waals surface area contributed by atoms with Crippen molar-refractivity contribution in [3.05, 3.63) is 52.8 Å². The van der Waals surface area contributed by atoms with Crippen LogP contribution in [0.4, 0.5) is 0 Å². The van der Waals surface area contributed by atoms with Crippen LogP contribution in [-0.2, 0) is 7.05 Å². The number of benzene rings is 1. The van der Waals surface area contributed by atoms with Crippen molar-refractivity contribution in [2.75, 3.05) is 7.05 Å². The quantitative estimate of drug-likeness (QED) is 0.865. The first-order valence-corrected chi connectivity index (χ1v) is 6.38. The summed E-state index contributed by atoms with van der Waals surface area (Å²) in [6.45, 7) is 1.97. The molecule has 0 aliphatic heterocycles. The van der Waals surface area contributed by atoms with Gasteiger partial charge < -0.3 is 4.90 Å². The predicted octanol–water partition coefficient (Wildman–Crippen LogP) is 2.91. The van der Waals surface area contributed by atoms with Gasteiger partial charge in [0, 0.05) is 25.3 Å². The fourth-order valence-corrected chi connectivity index (χ4v) is 2.10. The van der Waals surface area contributed by atoms with Crippen molar-refractivity contribution < 1.29 is 4.79 Å². The normalized spacial score (nSPS) is 12.2. The molecule has 0 spiro atoms. The molecule has 1 aromatic carbocycles. The molecule has 0 aliphatic rings. The van der Waals surface area contributed by atoms with Crippen LogP contribution >= 0.6 is 11.6 Å². The first-order valence-electron chi connectivity index (χ1n) is 6.00. The Morgan fingerprint density at radius 3 is 2.79 bits per heavy atom. The van der Waals surface area contributed by atoms with E-state index in [1.165, 1.54) is 0 Å². The molecule has 0 bridgehead atoms. The minimum Gasteiger partial charge on any atom is -0.335 e. The average Bonchev–Trinajstić information content (AvgIpc) is 2.83. The Bertz CT molecular complexity index is 594. The molecule has 1 amide bonds. The number of rotatable bonds is 3. The Morgan fingerprint density at radius 1 is 1.47 bits per heavy atom. The maximum atomic E-state index is 12.3. The third-order valence-electron chi connectivity index (χ3n) is 3.18. The monoisotopic (exact) mass is 277 g/mol. The molecule has 2 rings (SSSR count). The van der Waals surface area contributed by atoms with Gasteiger partial charge in [-0.3, -0.25) is 9.48 Å². The van der Waals surface area contributed by atoms with E-state index in [0.717, 1.165) is 5.56 Å². The van der Waals surface area contributed by atoms with Gasteiger partial charge in [0.05, 0.1) is 17.8 Å². The Kier molecular flexibility index (Phi) is 3.90. The van der Waals surface area contributed by atoms with Crippen molar-refractivity contribution >= 4 is 17.5 Å². The van der Waals surface area contributed by atoms with Crippen LogP contribution in [0.2, 0.25) is 5.02 Å². The smallest absolute Gasteiger partial charge is 0.257 e. The van der Waals surface area contributed by atoms with Crippen molar-refractivity contribution in [2.45, 2.75) is 13.0 Å². The van der Waals surface area contributed by atoms with Gasteiger partial charge in [-0.15, -0.1) is 0 Å². The highest BCUT2D eigenvalue weighted by atomic mass is 35.5. The molecule has 5 heteroatoms. The Labute approximate surface area is 117 Å². The second kappa shape index (κ2) is 5.45. The number of halogens is 1. The van der Waals surface area contributed by atoms with Gasteiger partial charge in [-0.1, -0.05) is 23.7 Å². The van der Waals surface area contributed by atoms with Gasteiger partial charge in [0.25, 0.3) is 5.91 Å². The third kappa shape index (κ3) is 2.96. The number of amides is 1.